The van der Waals surface area contributed by atoms with Crippen LogP contribution in [0.2, 0.25) is 0 Å². The zero-order valence-corrected chi connectivity index (χ0v) is 21.5. The Kier molecular flexibility index (Phi) is 6.95. The zero-order valence-electron chi connectivity index (χ0n) is 19.1. The zero-order chi connectivity index (χ0) is 23.5. The number of para-hydroxylation sites is 1. The van der Waals surface area contributed by atoms with Crippen LogP contribution in [0.1, 0.15) is 32.4 Å². The fourth-order valence-corrected chi connectivity index (χ4v) is 4.95. The number of benzene rings is 2. The van der Waals surface area contributed by atoms with Crippen LogP contribution in [0.5, 0.6) is 0 Å². The van der Waals surface area contributed by atoms with Crippen LogP contribution in [0.25, 0.3) is 16.9 Å². The number of rotatable bonds is 6. The van der Waals surface area contributed by atoms with E-state index in [1.165, 1.54) is 11.3 Å². The largest absolute Gasteiger partial charge is 0.297 e. The van der Waals surface area contributed by atoms with Crippen molar-refractivity contribution in [1.29, 1.82) is 0 Å². The van der Waals surface area contributed by atoms with Crippen molar-refractivity contribution in [3.8, 4) is 16.9 Å². The summed E-state index contributed by atoms with van der Waals surface area (Å²) in [5, 5.41) is 6.97. The van der Waals surface area contributed by atoms with Crippen LogP contribution in [0.3, 0.4) is 0 Å². The average molecular weight is 524 g/mol. The summed E-state index contributed by atoms with van der Waals surface area (Å²) < 4.78 is 6.34. The van der Waals surface area contributed by atoms with Gasteiger partial charge in [-0.15, -0.1) is 11.3 Å². The molecule has 0 fully saturated rings. The molecule has 0 aliphatic carbocycles. The van der Waals surface area contributed by atoms with Crippen LogP contribution in [-0.4, -0.2) is 19.8 Å². The minimum atomic E-state index is -0.154. The number of halogens is 1. The van der Waals surface area contributed by atoms with Crippen LogP contribution >= 0.6 is 27.3 Å². The average Bonchev–Trinajstić information content (AvgIpc) is 3.31. The van der Waals surface area contributed by atoms with E-state index < -0.39 is 0 Å². The standard InChI is InChI=1S/C25H26BrN5OS/c1-5-18(6-2)28-30-22(20-14-10-11-15-21(20)26)16-33-25(30)27-23-17(3)29(4)31(24(23)32)19-12-8-7-9-13-19/h7-16H,5-6H2,1-4H3. The van der Waals surface area contributed by atoms with Crippen LogP contribution < -0.4 is 10.4 Å². The second-order valence-electron chi connectivity index (χ2n) is 7.59. The Labute approximate surface area is 205 Å². The first-order chi connectivity index (χ1) is 16.0. The summed E-state index contributed by atoms with van der Waals surface area (Å²) in [6.45, 7) is 6.12. The van der Waals surface area contributed by atoms with Crippen LogP contribution in [-0.2, 0) is 7.05 Å². The number of nitrogens with zero attached hydrogens (tertiary/aromatic N) is 5. The summed E-state index contributed by atoms with van der Waals surface area (Å²) in [5.74, 6) is 0. The van der Waals surface area contributed by atoms with E-state index in [-0.39, 0.29) is 5.56 Å². The first-order valence-electron chi connectivity index (χ1n) is 10.9. The highest BCUT2D eigenvalue weighted by atomic mass is 79.9. The van der Waals surface area contributed by atoms with Crippen LogP contribution in [0.15, 0.2) is 79.3 Å². The Morgan fingerprint density at radius 1 is 1.03 bits per heavy atom. The maximum Gasteiger partial charge on any atom is 0.297 e. The molecule has 0 aliphatic heterocycles. The number of thiazole rings is 1. The van der Waals surface area contributed by atoms with Gasteiger partial charge in [0.05, 0.1) is 17.1 Å². The number of hydrogen-bond donors (Lipinski definition) is 0. The lowest BCUT2D eigenvalue weighted by atomic mass is 10.2. The van der Waals surface area contributed by atoms with Gasteiger partial charge in [0, 0.05) is 28.2 Å². The Hall–Kier alpha value is -2.97. The molecule has 0 atom stereocenters. The molecule has 6 nitrogen and oxygen atoms in total. The SMILES string of the molecule is CCC(CC)=Nn1c(-c2ccccc2Br)csc1=Nc1c(C)n(C)n(-c2ccccc2)c1=O. The molecule has 8 heteroatoms. The molecule has 2 aromatic carbocycles. The topological polar surface area (TPSA) is 56.6 Å². The third-order valence-electron chi connectivity index (χ3n) is 5.62. The van der Waals surface area contributed by atoms with Gasteiger partial charge in [0.25, 0.3) is 5.56 Å². The molecule has 0 saturated carbocycles. The molecule has 0 saturated heterocycles. The predicted molar refractivity (Wildman–Crippen MR) is 140 cm³/mol. The van der Waals surface area contributed by atoms with Crippen molar-refractivity contribution >= 4 is 38.7 Å². The van der Waals surface area contributed by atoms with Gasteiger partial charge in [-0.25, -0.2) is 14.4 Å². The highest BCUT2D eigenvalue weighted by Gasteiger charge is 2.17. The monoisotopic (exact) mass is 523 g/mol. The minimum Gasteiger partial charge on any atom is -0.283 e. The smallest absolute Gasteiger partial charge is 0.283 e. The summed E-state index contributed by atoms with van der Waals surface area (Å²) in [7, 11) is 1.88. The lowest BCUT2D eigenvalue weighted by Crippen LogP contribution is -2.20. The van der Waals surface area contributed by atoms with Crippen molar-refractivity contribution in [2.45, 2.75) is 33.6 Å². The summed E-state index contributed by atoms with van der Waals surface area (Å²) in [4.78, 5) is 18.9. The summed E-state index contributed by atoms with van der Waals surface area (Å²) >= 11 is 5.14. The van der Waals surface area contributed by atoms with Gasteiger partial charge in [-0.2, -0.15) is 5.10 Å². The fourth-order valence-electron chi connectivity index (χ4n) is 3.64. The summed E-state index contributed by atoms with van der Waals surface area (Å²) in [6.07, 6.45) is 1.69. The van der Waals surface area contributed by atoms with Crippen LogP contribution in [0, 0.1) is 6.92 Å². The molecule has 4 aromatic rings. The fraction of sp³-hybridized carbons (Fsp3) is 0.240. The summed E-state index contributed by atoms with van der Waals surface area (Å²) in [5.41, 5.74) is 4.88. The molecule has 0 bridgehead atoms. The predicted octanol–water partition coefficient (Wildman–Crippen LogP) is 6.03. The van der Waals surface area contributed by atoms with Crippen molar-refractivity contribution in [2.75, 3.05) is 0 Å². The molecule has 0 unspecified atom stereocenters. The van der Waals surface area contributed by atoms with Crippen molar-refractivity contribution in [3.05, 3.63) is 85.3 Å². The molecule has 0 aliphatic rings. The minimum absolute atomic E-state index is 0.154. The van der Waals surface area contributed by atoms with Gasteiger partial charge < -0.3 is 0 Å². The molecular formula is C25H26BrN5OS. The van der Waals surface area contributed by atoms with E-state index in [4.69, 9.17) is 10.1 Å². The quantitative estimate of drug-likeness (QED) is 0.284. The van der Waals surface area contributed by atoms with E-state index in [2.05, 4.69) is 35.8 Å². The molecule has 2 heterocycles. The molecule has 4 rings (SSSR count). The van der Waals surface area contributed by atoms with E-state index >= 15 is 0 Å². The van der Waals surface area contributed by atoms with Crippen LogP contribution in [0.4, 0.5) is 5.69 Å². The van der Waals surface area contributed by atoms with Crippen molar-refractivity contribution in [3.63, 3.8) is 0 Å². The molecule has 0 spiro atoms. The second-order valence-corrected chi connectivity index (χ2v) is 9.28. The van der Waals surface area contributed by atoms with E-state index in [1.54, 1.807) is 4.68 Å². The molecule has 2 aromatic heterocycles. The van der Waals surface area contributed by atoms with E-state index in [9.17, 15) is 4.79 Å². The van der Waals surface area contributed by atoms with Crippen molar-refractivity contribution < 1.29 is 0 Å². The van der Waals surface area contributed by atoms with E-state index in [1.807, 2.05) is 77.2 Å². The highest BCUT2D eigenvalue weighted by Crippen LogP contribution is 2.29. The normalized spacial score (nSPS) is 11.7. The lowest BCUT2D eigenvalue weighted by molar-refractivity contribution is 0.630. The van der Waals surface area contributed by atoms with Gasteiger partial charge in [0.15, 0.2) is 5.69 Å². The van der Waals surface area contributed by atoms with Gasteiger partial charge in [-0.3, -0.25) is 9.48 Å². The van der Waals surface area contributed by atoms with Gasteiger partial charge in [0.2, 0.25) is 4.80 Å². The van der Waals surface area contributed by atoms with E-state index in [0.29, 0.717) is 10.5 Å². The molecule has 170 valence electrons. The first-order valence-corrected chi connectivity index (χ1v) is 12.5. The maximum absolute atomic E-state index is 13.4. The Morgan fingerprint density at radius 2 is 1.70 bits per heavy atom. The van der Waals surface area contributed by atoms with E-state index in [0.717, 1.165) is 45.7 Å². The number of aromatic nitrogens is 3. The van der Waals surface area contributed by atoms with Gasteiger partial charge in [0.1, 0.15) is 0 Å². The Morgan fingerprint density at radius 3 is 2.36 bits per heavy atom. The Balaban J connectivity index is 1.98. The van der Waals surface area contributed by atoms with Crippen molar-refractivity contribution in [1.82, 2.24) is 14.0 Å². The molecule has 33 heavy (non-hydrogen) atoms. The van der Waals surface area contributed by atoms with Gasteiger partial charge in [-0.05, 0) is 38.0 Å². The highest BCUT2D eigenvalue weighted by molar-refractivity contribution is 9.10. The molecular weight excluding hydrogens is 498 g/mol. The first kappa shape index (κ1) is 23.2. The number of hydrogen-bond acceptors (Lipinski definition) is 4. The van der Waals surface area contributed by atoms with Crippen molar-refractivity contribution in [2.24, 2.45) is 17.1 Å². The second kappa shape index (κ2) is 9.89. The molecule has 0 amide bonds. The lowest BCUT2D eigenvalue weighted by Gasteiger charge is -2.08. The Bertz CT molecular complexity index is 1430. The molecule has 0 radical (unpaired) electrons. The molecule has 0 N–H and O–H groups in total. The third kappa shape index (κ3) is 4.45. The van der Waals surface area contributed by atoms with Gasteiger partial charge in [-0.1, -0.05) is 66.2 Å². The van der Waals surface area contributed by atoms with Gasteiger partial charge >= 0.3 is 0 Å². The summed E-state index contributed by atoms with van der Waals surface area (Å²) in [6, 6.07) is 17.7. The maximum atomic E-state index is 13.4. The third-order valence-corrected chi connectivity index (χ3v) is 7.13.